The summed E-state index contributed by atoms with van der Waals surface area (Å²) in [6.07, 6.45) is 1.05. The zero-order valence-corrected chi connectivity index (χ0v) is 9.04. The van der Waals surface area contributed by atoms with Crippen molar-refractivity contribution in [3.63, 3.8) is 0 Å². The van der Waals surface area contributed by atoms with Crippen LogP contribution in [0.2, 0.25) is 0 Å². The number of likely N-dealkylation sites (N-methyl/N-ethyl adjacent to an activating group) is 1. The van der Waals surface area contributed by atoms with Crippen molar-refractivity contribution in [3.8, 4) is 11.5 Å². The molecular formula is C11H18NO2+. The van der Waals surface area contributed by atoms with Crippen molar-refractivity contribution in [2.24, 2.45) is 0 Å². The van der Waals surface area contributed by atoms with Crippen molar-refractivity contribution in [1.29, 1.82) is 0 Å². The normalized spacial score (nSPS) is 9.93. The van der Waals surface area contributed by atoms with E-state index in [1.165, 1.54) is 5.56 Å². The van der Waals surface area contributed by atoms with Gasteiger partial charge in [-0.25, -0.2) is 0 Å². The number of benzene rings is 1. The molecular weight excluding hydrogens is 178 g/mol. The Kier molecular flexibility index (Phi) is 4.26. The Labute approximate surface area is 85.0 Å². The van der Waals surface area contributed by atoms with Gasteiger partial charge in [-0.15, -0.1) is 0 Å². The first-order chi connectivity index (χ1) is 6.81. The highest BCUT2D eigenvalue weighted by Gasteiger charge is 2.04. The second-order valence-corrected chi connectivity index (χ2v) is 3.14. The first-order valence-corrected chi connectivity index (χ1v) is 4.80. The molecule has 0 bridgehead atoms. The van der Waals surface area contributed by atoms with Gasteiger partial charge in [0.1, 0.15) is 0 Å². The summed E-state index contributed by atoms with van der Waals surface area (Å²) in [5.41, 5.74) is 1.28. The second kappa shape index (κ2) is 5.50. The molecule has 0 heterocycles. The lowest BCUT2D eigenvalue weighted by atomic mass is 10.1. The van der Waals surface area contributed by atoms with E-state index in [-0.39, 0.29) is 0 Å². The summed E-state index contributed by atoms with van der Waals surface area (Å²) in [7, 11) is 5.38. The van der Waals surface area contributed by atoms with Crippen LogP contribution in [0.3, 0.4) is 0 Å². The molecule has 2 N–H and O–H groups in total. The molecule has 0 radical (unpaired) electrons. The van der Waals surface area contributed by atoms with Gasteiger partial charge in [-0.05, 0) is 17.7 Å². The zero-order valence-electron chi connectivity index (χ0n) is 9.04. The fourth-order valence-electron chi connectivity index (χ4n) is 1.35. The summed E-state index contributed by atoms with van der Waals surface area (Å²) >= 11 is 0. The van der Waals surface area contributed by atoms with Crippen LogP contribution in [0, 0.1) is 0 Å². The van der Waals surface area contributed by atoms with E-state index >= 15 is 0 Å². The van der Waals surface area contributed by atoms with E-state index in [0.717, 1.165) is 24.5 Å². The van der Waals surface area contributed by atoms with Gasteiger partial charge in [-0.3, -0.25) is 0 Å². The van der Waals surface area contributed by atoms with Gasteiger partial charge in [0.2, 0.25) is 0 Å². The van der Waals surface area contributed by atoms with E-state index in [1.54, 1.807) is 14.2 Å². The predicted molar refractivity (Wildman–Crippen MR) is 56.0 cm³/mol. The van der Waals surface area contributed by atoms with Gasteiger partial charge in [0.05, 0.1) is 27.8 Å². The summed E-state index contributed by atoms with van der Waals surface area (Å²) in [5.74, 6) is 1.60. The SMILES string of the molecule is C[NH2+]CCc1ccc(OC)c(OC)c1. The van der Waals surface area contributed by atoms with E-state index in [0.29, 0.717) is 0 Å². The van der Waals surface area contributed by atoms with Crippen LogP contribution in [-0.2, 0) is 6.42 Å². The third-order valence-electron chi connectivity index (χ3n) is 2.17. The number of rotatable bonds is 5. The fraction of sp³-hybridized carbons (Fsp3) is 0.455. The molecule has 3 heteroatoms. The van der Waals surface area contributed by atoms with Gasteiger partial charge in [0.15, 0.2) is 11.5 Å². The highest BCUT2D eigenvalue weighted by molar-refractivity contribution is 5.42. The molecule has 0 aliphatic heterocycles. The molecule has 78 valence electrons. The summed E-state index contributed by atoms with van der Waals surface area (Å²) in [6.45, 7) is 1.09. The monoisotopic (exact) mass is 196 g/mol. The van der Waals surface area contributed by atoms with Crippen molar-refractivity contribution in [3.05, 3.63) is 23.8 Å². The molecule has 1 aromatic rings. The van der Waals surface area contributed by atoms with Crippen molar-refractivity contribution >= 4 is 0 Å². The van der Waals surface area contributed by atoms with Crippen LogP contribution >= 0.6 is 0 Å². The third kappa shape index (κ3) is 2.64. The highest BCUT2D eigenvalue weighted by Crippen LogP contribution is 2.27. The van der Waals surface area contributed by atoms with E-state index in [2.05, 4.69) is 18.4 Å². The number of hydrogen-bond donors (Lipinski definition) is 1. The van der Waals surface area contributed by atoms with Crippen LogP contribution in [0.4, 0.5) is 0 Å². The quantitative estimate of drug-likeness (QED) is 0.741. The second-order valence-electron chi connectivity index (χ2n) is 3.14. The molecule has 0 aliphatic carbocycles. The molecule has 0 aliphatic rings. The molecule has 1 aromatic carbocycles. The van der Waals surface area contributed by atoms with E-state index in [1.807, 2.05) is 12.1 Å². The number of methoxy groups -OCH3 is 2. The molecule has 0 unspecified atom stereocenters. The average molecular weight is 196 g/mol. The van der Waals surface area contributed by atoms with Gasteiger partial charge in [0.25, 0.3) is 0 Å². The van der Waals surface area contributed by atoms with Gasteiger partial charge in [-0.2, -0.15) is 0 Å². The molecule has 0 saturated carbocycles. The van der Waals surface area contributed by atoms with Crippen LogP contribution in [0.25, 0.3) is 0 Å². The smallest absolute Gasteiger partial charge is 0.160 e. The number of hydrogen-bond acceptors (Lipinski definition) is 2. The van der Waals surface area contributed by atoms with E-state index in [4.69, 9.17) is 9.47 Å². The maximum Gasteiger partial charge on any atom is 0.160 e. The topological polar surface area (TPSA) is 35.1 Å². The first-order valence-electron chi connectivity index (χ1n) is 4.80. The Morgan fingerprint density at radius 3 is 2.43 bits per heavy atom. The standard InChI is InChI=1S/C11H17NO2/c1-12-7-6-9-4-5-10(13-2)11(8-9)14-3/h4-5,8,12H,6-7H2,1-3H3/p+1. The van der Waals surface area contributed by atoms with Crippen molar-refractivity contribution in [1.82, 2.24) is 0 Å². The lowest BCUT2D eigenvalue weighted by Crippen LogP contribution is -2.80. The molecule has 0 atom stereocenters. The van der Waals surface area contributed by atoms with Crippen LogP contribution in [0.5, 0.6) is 11.5 Å². The van der Waals surface area contributed by atoms with Crippen LogP contribution in [-0.4, -0.2) is 27.8 Å². The minimum absolute atomic E-state index is 0.789. The van der Waals surface area contributed by atoms with Gasteiger partial charge < -0.3 is 14.8 Å². The molecule has 0 amide bonds. The van der Waals surface area contributed by atoms with E-state index < -0.39 is 0 Å². The van der Waals surface area contributed by atoms with Gasteiger partial charge >= 0.3 is 0 Å². The summed E-state index contributed by atoms with van der Waals surface area (Å²) in [6, 6.07) is 6.05. The number of ether oxygens (including phenoxy) is 2. The number of quaternary nitrogens is 1. The molecule has 0 saturated heterocycles. The van der Waals surface area contributed by atoms with Gasteiger partial charge in [-0.1, -0.05) is 6.07 Å². The predicted octanol–water partition coefficient (Wildman–Crippen LogP) is 0.440. The molecule has 0 fully saturated rings. The minimum atomic E-state index is 0.789. The lowest BCUT2D eigenvalue weighted by Gasteiger charge is -2.08. The van der Waals surface area contributed by atoms with Gasteiger partial charge in [0, 0.05) is 6.42 Å². The summed E-state index contributed by atoms with van der Waals surface area (Å²) in [4.78, 5) is 0. The zero-order chi connectivity index (χ0) is 10.4. The Bertz CT molecular complexity index is 287. The highest BCUT2D eigenvalue weighted by atomic mass is 16.5. The molecule has 0 aromatic heterocycles. The first kappa shape index (κ1) is 10.9. The fourth-order valence-corrected chi connectivity index (χ4v) is 1.35. The summed E-state index contributed by atoms with van der Waals surface area (Å²) < 4.78 is 10.4. The molecule has 0 spiro atoms. The van der Waals surface area contributed by atoms with Crippen molar-refractivity contribution in [2.75, 3.05) is 27.8 Å². The lowest BCUT2D eigenvalue weighted by molar-refractivity contribution is -0.626. The van der Waals surface area contributed by atoms with Crippen molar-refractivity contribution in [2.45, 2.75) is 6.42 Å². The molecule has 3 nitrogen and oxygen atoms in total. The Morgan fingerprint density at radius 1 is 1.14 bits per heavy atom. The summed E-state index contributed by atoms with van der Waals surface area (Å²) in [5, 5.41) is 2.16. The number of nitrogens with two attached hydrogens (primary N) is 1. The average Bonchev–Trinajstić information content (AvgIpc) is 2.25. The van der Waals surface area contributed by atoms with Crippen LogP contribution in [0.15, 0.2) is 18.2 Å². The third-order valence-corrected chi connectivity index (χ3v) is 2.17. The maximum absolute atomic E-state index is 5.22. The van der Waals surface area contributed by atoms with Crippen LogP contribution < -0.4 is 14.8 Å². The Hall–Kier alpha value is -1.22. The maximum atomic E-state index is 5.22. The Balaban J connectivity index is 2.79. The largest absolute Gasteiger partial charge is 0.493 e. The minimum Gasteiger partial charge on any atom is -0.493 e. The molecule has 14 heavy (non-hydrogen) atoms. The molecule has 1 rings (SSSR count). The van der Waals surface area contributed by atoms with Crippen LogP contribution in [0.1, 0.15) is 5.56 Å². The van der Waals surface area contributed by atoms with Crippen molar-refractivity contribution < 1.29 is 14.8 Å². The van der Waals surface area contributed by atoms with E-state index in [9.17, 15) is 0 Å². The Morgan fingerprint density at radius 2 is 1.86 bits per heavy atom.